The van der Waals surface area contributed by atoms with Crippen LogP contribution in [0, 0.1) is 5.82 Å². The summed E-state index contributed by atoms with van der Waals surface area (Å²) >= 11 is 0. The lowest BCUT2D eigenvalue weighted by Crippen LogP contribution is -2.63. The number of ether oxygens (including phenoxy) is 1. The Balaban J connectivity index is 1.78. The average Bonchev–Trinajstić information content (AvgIpc) is 2.52. The van der Waals surface area contributed by atoms with E-state index in [1.165, 1.54) is 6.07 Å². The van der Waals surface area contributed by atoms with Crippen molar-refractivity contribution in [1.82, 2.24) is 15.5 Å². The monoisotopic (exact) mass is 366 g/mol. The Bertz CT molecular complexity index is 667. The first-order valence-corrected chi connectivity index (χ1v) is 8.55. The second-order valence-corrected chi connectivity index (χ2v) is 7.24. The Morgan fingerprint density at radius 2 is 2.12 bits per heavy atom. The maximum Gasteiger partial charge on any atom is 0.410 e. The van der Waals surface area contributed by atoms with Crippen LogP contribution in [-0.2, 0) is 17.9 Å². The predicted molar refractivity (Wildman–Crippen MR) is 97.3 cm³/mol. The number of aliphatic hydroxyl groups excluding tert-OH is 1. The second-order valence-electron chi connectivity index (χ2n) is 7.24. The van der Waals surface area contributed by atoms with Crippen LogP contribution in [0.4, 0.5) is 9.18 Å². The zero-order chi connectivity index (χ0) is 19.3. The number of benzene rings is 1. The molecule has 0 aromatic heterocycles. The van der Waals surface area contributed by atoms with Crippen LogP contribution in [-0.4, -0.2) is 53.8 Å². The van der Waals surface area contributed by atoms with Crippen molar-refractivity contribution in [2.45, 2.75) is 45.6 Å². The van der Waals surface area contributed by atoms with Crippen LogP contribution in [0.5, 0.6) is 0 Å². The fourth-order valence-corrected chi connectivity index (χ4v) is 2.48. The molecule has 26 heavy (non-hydrogen) atoms. The summed E-state index contributed by atoms with van der Waals surface area (Å²) in [4.78, 5) is 17.7. The zero-order valence-electron chi connectivity index (χ0n) is 15.7. The number of guanidine groups is 1. The van der Waals surface area contributed by atoms with Crippen molar-refractivity contribution < 1.29 is 19.0 Å². The van der Waals surface area contributed by atoms with Crippen LogP contribution in [0.15, 0.2) is 23.2 Å². The standard InChI is InChI=1S/C18H27FN4O3/c1-18(2,3)26-17(25)23-9-14(10-23)22-16(20-4)21-8-12-5-6-15(19)13(7-12)11-24/h5-7,14,24H,8-11H2,1-4H3,(H2,20,21,22). The first-order chi connectivity index (χ1) is 12.2. The largest absolute Gasteiger partial charge is 0.444 e. The van der Waals surface area contributed by atoms with E-state index in [1.54, 1.807) is 24.1 Å². The van der Waals surface area contributed by atoms with Gasteiger partial charge in [-0.2, -0.15) is 0 Å². The topological polar surface area (TPSA) is 86.2 Å². The normalized spacial score (nSPS) is 15.5. The molecule has 1 fully saturated rings. The number of amides is 1. The molecule has 0 saturated carbocycles. The van der Waals surface area contributed by atoms with E-state index in [0.29, 0.717) is 25.6 Å². The van der Waals surface area contributed by atoms with Gasteiger partial charge >= 0.3 is 6.09 Å². The number of nitrogens with one attached hydrogen (secondary N) is 2. The van der Waals surface area contributed by atoms with Gasteiger partial charge < -0.3 is 25.4 Å². The number of nitrogens with zero attached hydrogens (tertiary/aromatic N) is 2. The molecule has 3 N–H and O–H groups in total. The van der Waals surface area contributed by atoms with Gasteiger partial charge in [-0.05, 0) is 38.5 Å². The van der Waals surface area contributed by atoms with Crippen LogP contribution in [0.3, 0.4) is 0 Å². The minimum Gasteiger partial charge on any atom is -0.444 e. The lowest BCUT2D eigenvalue weighted by Gasteiger charge is -2.40. The molecule has 1 heterocycles. The zero-order valence-corrected chi connectivity index (χ0v) is 15.7. The van der Waals surface area contributed by atoms with E-state index in [9.17, 15) is 9.18 Å². The van der Waals surface area contributed by atoms with Crippen molar-refractivity contribution >= 4 is 12.1 Å². The molecule has 0 spiro atoms. The molecule has 2 rings (SSSR count). The number of carbonyl (C=O) groups excluding carboxylic acids is 1. The minimum absolute atomic E-state index is 0.0925. The van der Waals surface area contributed by atoms with Crippen LogP contribution in [0.2, 0.25) is 0 Å². The van der Waals surface area contributed by atoms with E-state index >= 15 is 0 Å². The number of halogens is 1. The van der Waals surface area contributed by atoms with Crippen molar-refractivity contribution in [2.24, 2.45) is 4.99 Å². The van der Waals surface area contributed by atoms with Crippen molar-refractivity contribution in [3.05, 3.63) is 35.1 Å². The quantitative estimate of drug-likeness (QED) is 0.557. The maximum atomic E-state index is 13.4. The Hall–Kier alpha value is -2.35. The molecular weight excluding hydrogens is 339 g/mol. The van der Waals surface area contributed by atoms with Gasteiger partial charge in [-0.25, -0.2) is 9.18 Å². The van der Waals surface area contributed by atoms with Gasteiger partial charge in [0.25, 0.3) is 0 Å². The van der Waals surface area contributed by atoms with Gasteiger partial charge in [0.1, 0.15) is 11.4 Å². The SMILES string of the molecule is CN=C(NCc1ccc(F)c(CO)c1)NC1CN(C(=O)OC(C)(C)C)C1. The molecule has 1 aromatic rings. The molecule has 8 heteroatoms. The lowest BCUT2D eigenvalue weighted by molar-refractivity contribution is 0.00701. The Labute approximate surface area is 153 Å². The summed E-state index contributed by atoms with van der Waals surface area (Å²) < 4.78 is 18.7. The van der Waals surface area contributed by atoms with E-state index in [0.717, 1.165) is 5.56 Å². The number of aliphatic hydroxyl groups is 1. The van der Waals surface area contributed by atoms with Crippen molar-refractivity contribution in [2.75, 3.05) is 20.1 Å². The second kappa shape index (κ2) is 8.35. The highest BCUT2D eigenvalue weighted by Crippen LogP contribution is 2.15. The highest BCUT2D eigenvalue weighted by molar-refractivity contribution is 5.80. The van der Waals surface area contributed by atoms with Gasteiger partial charge in [-0.3, -0.25) is 4.99 Å². The molecule has 144 valence electrons. The Kier molecular flexibility index (Phi) is 6.42. The summed E-state index contributed by atoms with van der Waals surface area (Å²) in [6.45, 7) is 6.70. The molecular formula is C18H27FN4O3. The number of hydrogen-bond acceptors (Lipinski definition) is 4. The van der Waals surface area contributed by atoms with E-state index in [1.807, 2.05) is 20.8 Å². The fourth-order valence-electron chi connectivity index (χ4n) is 2.48. The number of hydrogen-bond donors (Lipinski definition) is 3. The van der Waals surface area contributed by atoms with Gasteiger partial charge in [0.05, 0.1) is 12.6 Å². The molecule has 1 amide bonds. The highest BCUT2D eigenvalue weighted by atomic mass is 19.1. The summed E-state index contributed by atoms with van der Waals surface area (Å²) in [6, 6.07) is 4.70. The van der Waals surface area contributed by atoms with E-state index in [4.69, 9.17) is 9.84 Å². The van der Waals surface area contributed by atoms with E-state index in [-0.39, 0.29) is 24.3 Å². The van der Waals surface area contributed by atoms with Gasteiger partial charge in [0.15, 0.2) is 5.96 Å². The Morgan fingerprint density at radius 3 is 2.69 bits per heavy atom. The third-order valence-electron chi connectivity index (χ3n) is 3.84. The number of aliphatic imine (C=N–C) groups is 1. The molecule has 7 nitrogen and oxygen atoms in total. The molecule has 1 saturated heterocycles. The molecule has 0 atom stereocenters. The van der Waals surface area contributed by atoms with Gasteiger partial charge in [0, 0.05) is 32.2 Å². The predicted octanol–water partition coefficient (Wildman–Crippen LogP) is 1.60. The van der Waals surface area contributed by atoms with E-state index < -0.39 is 11.4 Å². The average molecular weight is 366 g/mol. The van der Waals surface area contributed by atoms with Crippen molar-refractivity contribution in [3.8, 4) is 0 Å². The summed E-state index contributed by atoms with van der Waals surface area (Å²) in [5.41, 5.74) is 0.595. The molecule has 0 bridgehead atoms. The van der Waals surface area contributed by atoms with Crippen molar-refractivity contribution in [3.63, 3.8) is 0 Å². The Morgan fingerprint density at radius 1 is 1.42 bits per heavy atom. The van der Waals surface area contributed by atoms with Crippen LogP contribution < -0.4 is 10.6 Å². The number of rotatable bonds is 4. The van der Waals surface area contributed by atoms with E-state index in [2.05, 4.69) is 15.6 Å². The van der Waals surface area contributed by atoms with Crippen LogP contribution >= 0.6 is 0 Å². The number of likely N-dealkylation sites (tertiary alicyclic amines) is 1. The number of carbonyl (C=O) groups is 1. The fraction of sp³-hybridized carbons (Fsp3) is 0.556. The maximum absolute atomic E-state index is 13.4. The molecule has 0 radical (unpaired) electrons. The lowest BCUT2D eigenvalue weighted by atomic mass is 10.1. The first-order valence-electron chi connectivity index (χ1n) is 8.55. The molecule has 0 aliphatic carbocycles. The van der Waals surface area contributed by atoms with Gasteiger partial charge in [0.2, 0.25) is 0 Å². The highest BCUT2D eigenvalue weighted by Gasteiger charge is 2.34. The first kappa shape index (κ1) is 20.0. The van der Waals surface area contributed by atoms with Gasteiger partial charge in [-0.15, -0.1) is 0 Å². The third-order valence-corrected chi connectivity index (χ3v) is 3.84. The third kappa shape index (κ3) is 5.59. The summed E-state index contributed by atoms with van der Waals surface area (Å²) in [6.07, 6.45) is -0.318. The molecule has 1 aliphatic heterocycles. The van der Waals surface area contributed by atoms with Gasteiger partial charge in [-0.1, -0.05) is 6.07 Å². The smallest absolute Gasteiger partial charge is 0.410 e. The summed E-state index contributed by atoms with van der Waals surface area (Å²) in [7, 11) is 1.66. The summed E-state index contributed by atoms with van der Waals surface area (Å²) in [5.74, 6) is 0.171. The molecule has 1 aromatic carbocycles. The minimum atomic E-state index is -0.504. The molecule has 0 unspecified atom stereocenters. The van der Waals surface area contributed by atoms with Crippen molar-refractivity contribution in [1.29, 1.82) is 0 Å². The molecule has 1 aliphatic rings. The van der Waals surface area contributed by atoms with Crippen LogP contribution in [0.25, 0.3) is 0 Å². The van der Waals surface area contributed by atoms with Crippen LogP contribution in [0.1, 0.15) is 31.9 Å². The summed E-state index contributed by atoms with van der Waals surface area (Å²) in [5, 5.41) is 15.5.